The van der Waals surface area contributed by atoms with E-state index in [9.17, 15) is 0 Å². The molecule has 0 amide bonds. The van der Waals surface area contributed by atoms with Gasteiger partial charge in [0.25, 0.3) is 0 Å². The van der Waals surface area contributed by atoms with Crippen molar-refractivity contribution in [1.29, 1.82) is 0 Å². The molecule has 6 heteroatoms. The van der Waals surface area contributed by atoms with E-state index in [1.165, 1.54) is 11.1 Å². The summed E-state index contributed by atoms with van der Waals surface area (Å²) in [4.78, 5) is 14.1. The normalized spacial score (nSPS) is 15.6. The van der Waals surface area contributed by atoms with Crippen LogP contribution in [0, 0.1) is 20.8 Å². The lowest BCUT2D eigenvalue weighted by molar-refractivity contribution is 0.0543. The molecule has 33 heavy (non-hydrogen) atoms. The number of anilines is 1. The number of para-hydroxylation sites is 2. The van der Waals surface area contributed by atoms with Crippen LogP contribution in [0.3, 0.4) is 0 Å². The summed E-state index contributed by atoms with van der Waals surface area (Å²) in [5, 5.41) is 3.65. The van der Waals surface area contributed by atoms with E-state index < -0.39 is 0 Å². The lowest BCUT2D eigenvalue weighted by atomic mass is 9.73. The van der Waals surface area contributed by atoms with Crippen LogP contribution in [0.4, 0.5) is 5.82 Å². The SMILES string of the molecule is Cc1cccc(C2(CNc3cc(Cn4c(C)nc5ccccc54)nc(C)n3)CCOCC2)c1. The largest absolute Gasteiger partial charge is 0.381 e. The molecule has 170 valence electrons. The van der Waals surface area contributed by atoms with Gasteiger partial charge >= 0.3 is 0 Å². The first kappa shape index (κ1) is 21.6. The first-order valence-electron chi connectivity index (χ1n) is 11.7. The molecule has 1 saturated heterocycles. The number of imidazole rings is 1. The van der Waals surface area contributed by atoms with Gasteiger partial charge in [-0.25, -0.2) is 15.0 Å². The highest BCUT2D eigenvalue weighted by atomic mass is 16.5. The van der Waals surface area contributed by atoms with Gasteiger partial charge in [0.05, 0.1) is 23.3 Å². The standard InChI is InChI=1S/C27H31N5O/c1-19-7-6-8-22(15-19)27(11-13-33-14-12-27)18-28-26-16-23(29-20(2)30-26)17-32-21(3)31-24-9-4-5-10-25(24)32/h4-10,15-16H,11-14,17-18H2,1-3H3,(H,28,29,30). The molecule has 0 bridgehead atoms. The zero-order valence-corrected chi connectivity index (χ0v) is 19.6. The molecule has 4 aromatic rings. The van der Waals surface area contributed by atoms with Gasteiger partial charge in [-0.05, 0) is 51.3 Å². The summed E-state index contributed by atoms with van der Waals surface area (Å²) in [6.45, 7) is 9.23. The summed E-state index contributed by atoms with van der Waals surface area (Å²) in [6, 6.07) is 19.2. The number of nitrogens with zero attached hydrogens (tertiary/aromatic N) is 4. The zero-order chi connectivity index (χ0) is 22.8. The average Bonchev–Trinajstić information content (AvgIpc) is 3.13. The van der Waals surface area contributed by atoms with Crippen LogP contribution in [0.1, 0.15) is 41.3 Å². The van der Waals surface area contributed by atoms with E-state index in [2.05, 4.69) is 65.3 Å². The molecule has 0 aliphatic carbocycles. The van der Waals surface area contributed by atoms with Crippen molar-refractivity contribution in [3.8, 4) is 0 Å². The van der Waals surface area contributed by atoms with Gasteiger partial charge in [-0.1, -0.05) is 42.0 Å². The molecule has 5 rings (SSSR count). The fraction of sp³-hybridized carbons (Fsp3) is 0.370. The van der Waals surface area contributed by atoms with Crippen molar-refractivity contribution in [2.75, 3.05) is 25.1 Å². The van der Waals surface area contributed by atoms with E-state index in [0.717, 1.165) is 66.8 Å². The Kier molecular flexibility index (Phi) is 5.85. The molecular weight excluding hydrogens is 410 g/mol. The molecular formula is C27H31N5O. The van der Waals surface area contributed by atoms with E-state index in [-0.39, 0.29) is 5.41 Å². The third-order valence-electron chi connectivity index (χ3n) is 6.74. The highest BCUT2D eigenvalue weighted by molar-refractivity contribution is 5.75. The Morgan fingerprint density at radius 3 is 2.58 bits per heavy atom. The molecule has 1 fully saturated rings. The second-order valence-corrected chi connectivity index (χ2v) is 9.14. The third-order valence-corrected chi connectivity index (χ3v) is 6.74. The highest BCUT2D eigenvalue weighted by Crippen LogP contribution is 2.35. The van der Waals surface area contributed by atoms with Crippen LogP contribution in [0.2, 0.25) is 0 Å². The summed E-state index contributed by atoms with van der Waals surface area (Å²) in [6.07, 6.45) is 2.00. The minimum Gasteiger partial charge on any atom is -0.381 e. The Morgan fingerprint density at radius 1 is 0.939 bits per heavy atom. The van der Waals surface area contributed by atoms with Crippen molar-refractivity contribution in [2.45, 2.75) is 45.6 Å². The molecule has 0 unspecified atom stereocenters. The fourth-order valence-corrected chi connectivity index (χ4v) is 4.92. The maximum absolute atomic E-state index is 5.71. The number of hydrogen-bond acceptors (Lipinski definition) is 5. The summed E-state index contributed by atoms with van der Waals surface area (Å²) in [5.74, 6) is 2.63. The molecule has 0 spiro atoms. The number of hydrogen-bond donors (Lipinski definition) is 1. The first-order chi connectivity index (χ1) is 16.0. The maximum Gasteiger partial charge on any atom is 0.130 e. The van der Waals surface area contributed by atoms with E-state index in [1.54, 1.807) is 0 Å². The van der Waals surface area contributed by atoms with Crippen LogP contribution in [0.15, 0.2) is 54.6 Å². The van der Waals surface area contributed by atoms with Crippen molar-refractivity contribution in [3.63, 3.8) is 0 Å². The van der Waals surface area contributed by atoms with Gasteiger partial charge in [-0.3, -0.25) is 0 Å². The average molecular weight is 442 g/mol. The lowest BCUT2D eigenvalue weighted by Gasteiger charge is -2.38. The van der Waals surface area contributed by atoms with E-state index in [0.29, 0.717) is 6.54 Å². The topological polar surface area (TPSA) is 64.9 Å². The van der Waals surface area contributed by atoms with Gasteiger partial charge in [0.15, 0.2) is 0 Å². The molecule has 6 nitrogen and oxygen atoms in total. The number of aromatic nitrogens is 4. The summed E-state index contributed by atoms with van der Waals surface area (Å²) in [7, 11) is 0. The Bertz CT molecular complexity index is 1270. The predicted molar refractivity (Wildman–Crippen MR) is 132 cm³/mol. The number of ether oxygens (including phenoxy) is 1. The molecule has 1 N–H and O–H groups in total. The Hall–Kier alpha value is -3.25. The Labute approximate surface area is 195 Å². The predicted octanol–water partition coefficient (Wildman–Crippen LogP) is 4.96. The third kappa shape index (κ3) is 4.48. The van der Waals surface area contributed by atoms with Crippen molar-refractivity contribution in [2.24, 2.45) is 0 Å². The zero-order valence-electron chi connectivity index (χ0n) is 19.6. The monoisotopic (exact) mass is 441 g/mol. The van der Waals surface area contributed by atoms with Gasteiger partial charge < -0.3 is 14.6 Å². The molecule has 1 aliphatic heterocycles. The van der Waals surface area contributed by atoms with E-state index in [4.69, 9.17) is 19.7 Å². The molecule has 3 heterocycles. The molecule has 0 atom stereocenters. The number of rotatable bonds is 6. The van der Waals surface area contributed by atoms with Gasteiger partial charge in [0.1, 0.15) is 17.5 Å². The molecule has 2 aromatic heterocycles. The minimum atomic E-state index is 0.0421. The van der Waals surface area contributed by atoms with Gasteiger partial charge in [-0.15, -0.1) is 0 Å². The summed E-state index contributed by atoms with van der Waals surface area (Å²) >= 11 is 0. The van der Waals surface area contributed by atoms with Gasteiger partial charge in [-0.2, -0.15) is 0 Å². The molecule has 1 aliphatic rings. The van der Waals surface area contributed by atoms with Crippen LogP contribution < -0.4 is 5.32 Å². The van der Waals surface area contributed by atoms with Crippen molar-refractivity contribution in [1.82, 2.24) is 19.5 Å². The second-order valence-electron chi connectivity index (χ2n) is 9.14. The minimum absolute atomic E-state index is 0.0421. The van der Waals surface area contributed by atoms with Gasteiger partial charge in [0.2, 0.25) is 0 Å². The first-order valence-corrected chi connectivity index (χ1v) is 11.7. The van der Waals surface area contributed by atoms with E-state index in [1.807, 2.05) is 19.9 Å². The molecule has 2 aromatic carbocycles. The quantitative estimate of drug-likeness (QED) is 0.458. The smallest absolute Gasteiger partial charge is 0.130 e. The molecule has 0 saturated carbocycles. The summed E-state index contributed by atoms with van der Waals surface area (Å²) in [5.41, 5.74) is 5.83. The van der Waals surface area contributed by atoms with E-state index >= 15 is 0 Å². The Morgan fingerprint density at radius 2 is 1.76 bits per heavy atom. The number of aryl methyl sites for hydroxylation is 3. The van der Waals surface area contributed by atoms with Crippen LogP contribution in [-0.4, -0.2) is 39.3 Å². The highest BCUT2D eigenvalue weighted by Gasteiger charge is 2.34. The van der Waals surface area contributed by atoms with Crippen molar-refractivity contribution < 1.29 is 4.74 Å². The number of benzene rings is 2. The van der Waals surface area contributed by atoms with Crippen LogP contribution >= 0.6 is 0 Å². The van der Waals surface area contributed by atoms with Crippen LogP contribution in [0.25, 0.3) is 11.0 Å². The maximum atomic E-state index is 5.71. The van der Waals surface area contributed by atoms with Crippen LogP contribution in [-0.2, 0) is 16.7 Å². The van der Waals surface area contributed by atoms with Gasteiger partial charge in [0, 0.05) is 31.2 Å². The second kappa shape index (κ2) is 8.94. The Balaban J connectivity index is 1.40. The lowest BCUT2D eigenvalue weighted by Crippen LogP contribution is -2.40. The van der Waals surface area contributed by atoms with Crippen molar-refractivity contribution >= 4 is 16.9 Å². The molecule has 0 radical (unpaired) electrons. The fourth-order valence-electron chi connectivity index (χ4n) is 4.92. The number of fused-ring (bicyclic) bond motifs is 1. The van der Waals surface area contributed by atoms with Crippen molar-refractivity contribution in [3.05, 3.63) is 83.1 Å². The van der Waals surface area contributed by atoms with Crippen LogP contribution in [0.5, 0.6) is 0 Å². The number of nitrogens with one attached hydrogen (secondary N) is 1. The summed E-state index contributed by atoms with van der Waals surface area (Å²) < 4.78 is 7.93.